The van der Waals surface area contributed by atoms with Gasteiger partial charge in [0.25, 0.3) is 0 Å². The Morgan fingerprint density at radius 2 is 2.16 bits per heavy atom. The molecule has 1 atom stereocenters. The molecule has 1 fully saturated rings. The van der Waals surface area contributed by atoms with E-state index in [2.05, 4.69) is 18.6 Å². The van der Waals surface area contributed by atoms with E-state index in [-0.39, 0.29) is 16.9 Å². The van der Waals surface area contributed by atoms with Gasteiger partial charge in [0.1, 0.15) is 15.9 Å². The largest absolute Gasteiger partial charge is 0.393 e. The lowest BCUT2D eigenvalue weighted by molar-refractivity contribution is 0.0280. The van der Waals surface area contributed by atoms with E-state index in [9.17, 15) is 13.5 Å². The predicted octanol–water partition coefficient (Wildman–Crippen LogP) is 1.22. The molecule has 1 aliphatic carbocycles. The van der Waals surface area contributed by atoms with Crippen molar-refractivity contribution in [3.63, 3.8) is 0 Å². The predicted molar refractivity (Wildman–Crippen MR) is 92.4 cm³/mol. The molecule has 0 saturated heterocycles. The summed E-state index contributed by atoms with van der Waals surface area (Å²) in [4.78, 5) is 0.118. The number of nitrogens with zero attached hydrogens (tertiary/aromatic N) is 4. The van der Waals surface area contributed by atoms with E-state index in [0.717, 1.165) is 17.3 Å². The van der Waals surface area contributed by atoms with Gasteiger partial charge in [0, 0.05) is 18.8 Å². The van der Waals surface area contributed by atoms with Crippen LogP contribution in [0.2, 0.25) is 0 Å². The zero-order chi connectivity index (χ0) is 17.6. The van der Waals surface area contributed by atoms with Gasteiger partial charge in [-0.15, -0.1) is 0 Å². The van der Waals surface area contributed by atoms with Crippen LogP contribution in [-0.4, -0.2) is 38.2 Å². The summed E-state index contributed by atoms with van der Waals surface area (Å²) in [6.07, 6.45) is 4.20. The van der Waals surface area contributed by atoms with Crippen LogP contribution in [0.4, 0.5) is 0 Å². The number of hydrogen-bond donors (Lipinski definition) is 2. The number of aliphatic hydroxyl groups is 1. The Hall–Kier alpha value is -1.88. The van der Waals surface area contributed by atoms with Gasteiger partial charge in [-0.05, 0) is 30.9 Å². The molecule has 1 aliphatic rings. The monoisotopic (exact) mass is 379 g/mol. The van der Waals surface area contributed by atoms with Crippen molar-refractivity contribution in [2.75, 3.05) is 0 Å². The molecule has 10 heteroatoms. The number of aromatic nitrogens is 4. The van der Waals surface area contributed by atoms with Gasteiger partial charge < -0.3 is 5.11 Å². The summed E-state index contributed by atoms with van der Waals surface area (Å²) in [7, 11) is -2.01. The normalized spacial score (nSPS) is 22.0. The summed E-state index contributed by atoms with van der Waals surface area (Å²) in [5.74, 6) is 0.0294. The molecule has 132 valence electrons. The second-order valence-corrected chi connectivity index (χ2v) is 8.53. The van der Waals surface area contributed by atoms with E-state index in [1.807, 2.05) is 0 Å². The van der Waals surface area contributed by atoms with E-state index in [0.29, 0.717) is 23.9 Å². The van der Waals surface area contributed by atoms with E-state index in [1.165, 1.54) is 6.07 Å². The molecule has 1 saturated carbocycles. The summed E-state index contributed by atoms with van der Waals surface area (Å²) in [5, 5.41) is 13.8. The molecule has 0 spiro atoms. The molecule has 2 heterocycles. The highest BCUT2D eigenvalue weighted by atomic mass is 32.2. The van der Waals surface area contributed by atoms with Crippen LogP contribution in [0.25, 0.3) is 11.0 Å². The number of hydrogen-bond acceptors (Lipinski definition) is 7. The molecule has 0 bridgehead atoms. The Kier molecular flexibility index (Phi) is 4.07. The minimum absolute atomic E-state index is 0.0294. The Balaban J connectivity index is 1.70. The second kappa shape index (κ2) is 6.13. The van der Waals surface area contributed by atoms with Crippen molar-refractivity contribution >= 4 is 32.8 Å². The average molecular weight is 379 g/mol. The van der Waals surface area contributed by atoms with Crippen molar-refractivity contribution in [1.29, 1.82) is 0 Å². The van der Waals surface area contributed by atoms with Gasteiger partial charge in [-0.2, -0.15) is 13.8 Å². The zero-order valence-electron chi connectivity index (χ0n) is 13.4. The molecule has 2 N–H and O–H groups in total. The number of rotatable bonds is 5. The van der Waals surface area contributed by atoms with E-state index in [4.69, 9.17) is 0 Å². The molecule has 4 rings (SSSR count). The first-order chi connectivity index (χ1) is 11.9. The molecule has 0 aliphatic heterocycles. The number of fused-ring (bicyclic) bond motifs is 1. The second-order valence-electron chi connectivity index (χ2n) is 6.32. The van der Waals surface area contributed by atoms with Crippen LogP contribution in [0.5, 0.6) is 0 Å². The Labute approximate surface area is 148 Å². The first-order valence-corrected chi connectivity index (χ1v) is 10.1. The van der Waals surface area contributed by atoms with Gasteiger partial charge in [0.15, 0.2) is 0 Å². The van der Waals surface area contributed by atoms with E-state index < -0.39 is 16.1 Å². The maximum absolute atomic E-state index is 13.0. The number of benzene rings is 1. The summed E-state index contributed by atoms with van der Waals surface area (Å²) < 4.78 is 38.6. The van der Waals surface area contributed by atoms with Crippen molar-refractivity contribution in [2.45, 2.75) is 29.9 Å². The fourth-order valence-corrected chi connectivity index (χ4v) is 5.23. The minimum atomic E-state index is -3.80. The average Bonchev–Trinajstić information content (AvgIpc) is 3.18. The molecule has 0 radical (unpaired) electrons. The maximum Gasteiger partial charge on any atom is 0.243 e. The van der Waals surface area contributed by atoms with Crippen LogP contribution in [0.1, 0.15) is 24.4 Å². The van der Waals surface area contributed by atoms with Crippen LogP contribution in [-0.2, 0) is 17.1 Å². The van der Waals surface area contributed by atoms with Gasteiger partial charge in [-0.25, -0.2) is 13.1 Å². The highest BCUT2D eigenvalue weighted by molar-refractivity contribution is 7.89. The standard InChI is InChI=1S/C15H17N5O3S2/c1-20-8-10(7-16-20)14(9-5-11(21)6-9)19-25(22,23)13-4-2-3-12-15(13)18-24-17-12/h2-4,7-9,11,14,19,21H,5-6H2,1H3/t9?,11?,14-/m1/s1. The van der Waals surface area contributed by atoms with Gasteiger partial charge in [0.05, 0.1) is 30.1 Å². The zero-order valence-corrected chi connectivity index (χ0v) is 15.0. The Bertz CT molecular complexity index is 1010. The molecule has 2 aromatic heterocycles. The van der Waals surface area contributed by atoms with Crippen LogP contribution >= 0.6 is 11.7 Å². The first-order valence-electron chi connectivity index (χ1n) is 7.84. The number of aryl methyl sites for hydroxylation is 1. The summed E-state index contributed by atoms with van der Waals surface area (Å²) in [6, 6.07) is 4.48. The van der Waals surface area contributed by atoms with Gasteiger partial charge in [-0.1, -0.05) is 6.07 Å². The Morgan fingerprint density at radius 3 is 2.84 bits per heavy atom. The third-order valence-corrected chi connectivity index (χ3v) is 6.54. The fourth-order valence-electron chi connectivity index (χ4n) is 3.17. The molecular weight excluding hydrogens is 362 g/mol. The summed E-state index contributed by atoms with van der Waals surface area (Å²) >= 11 is 0.985. The highest BCUT2D eigenvalue weighted by Crippen LogP contribution is 2.39. The molecule has 3 aromatic rings. The van der Waals surface area contributed by atoms with Crippen LogP contribution in [0, 0.1) is 5.92 Å². The fraction of sp³-hybridized carbons (Fsp3) is 0.400. The third-order valence-electron chi connectivity index (χ3n) is 4.53. The lowest BCUT2D eigenvalue weighted by Crippen LogP contribution is -2.41. The maximum atomic E-state index is 13.0. The quantitative estimate of drug-likeness (QED) is 0.690. The van der Waals surface area contributed by atoms with Crippen molar-refractivity contribution in [1.82, 2.24) is 23.2 Å². The molecule has 0 amide bonds. The highest BCUT2D eigenvalue weighted by Gasteiger charge is 2.38. The lowest BCUT2D eigenvalue weighted by atomic mass is 9.76. The van der Waals surface area contributed by atoms with Crippen molar-refractivity contribution in [3.8, 4) is 0 Å². The third kappa shape index (κ3) is 3.06. The smallest absolute Gasteiger partial charge is 0.243 e. The van der Waals surface area contributed by atoms with E-state index in [1.54, 1.807) is 36.3 Å². The number of aliphatic hydroxyl groups excluding tert-OH is 1. The SMILES string of the molecule is Cn1cc([C@H](NS(=O)(=O)c2cccc3nsnc23)C2CC(O)C2)cn1. The summed E-state index contributed by atoms with van der Waals surface area (Å²) in [5.41, 5.74) is 1.72. The van der Waals surface area contributed by atoms with Crippen LogP contribution < -0.4 is 4.72 Å². The minimum Gasteiger partial charge on any atom is -0.393 e. The van der Waals surface area contributed by atoms with E-state index >= 15 is 0 Å². The molecule has 1 aromatic carbocycles. The van der Waals surface area contributed by atoms with Crippen molar-refractivity contribution < 1.29 is 13.5 Å². The van der Waals surface area contributed by atoms with Crippen molar-refractivity contribution in [2.24, 2.45) is 13.0 Å². The number of nitrogens with one attached hydrogen (secondary N) is 1. The van der Waals surface area contributed by atoms with Crippen LogP contribution in [0.15, 0.2) is 35.5 Å². The molecule has 0 unspecified atom stereocenters. The molecular formula is C15H17N5O3S2. The summed E-state index contributed by atoms with van der Waals surface area (Å²) in [6.45, 7) is 0. The first kappa shape index (κ1) is 16.6. The van der Waals surface area contributed by atoms with Gasteiger partial charge >= 0.3 is 0 Å². The van der Waals surface area contributed by atoms with Gasteiger partial charge in [-0.3, -0.25) is 4.68 Å². The van der Waals surface area contributed by atoms with Gasteiger partial charge in [0.2, 0.25) is 10.0 Å². The number of sulfonamides is 1. The van der Waals surface area contributed by atoms with Crippen LogP contribution in [0.3, 0.4) is 0 Å². The topological polar surface area (TPSA) is 110 Å². The lowest BCUT2D eigenvalue weighted by Gasteiger charge is -2.37. The van der Waals surface area contributed by atoms with Crippen molar-refractivity contribution in [3.05, 3.63) is 36.2 Å². The molecule has 8 nitrogen and oxygen atoms in total. The molecule has 25 heavy (non-hydrogen) atoms. The Morgan fingerprint density at radius 1 is 1.36 bits per heavy atom.